The largest absolute Gasteiger partial charge is 0.507 e. The minimum Gasteiger partial charge on any atom is -0.507 e. The molecule has 1 N–H and O–H groups in total. The van der Waals surface area contributed by atoms with Gasteiger partial charge in [0.15, 0.2) is 0 Å². The van der Waals surface area contributed by atoms with Gasteiger partial charge >= 0.3 is 5.97 Å². The molecule has 0 bridgehead atoms. The van der Waals surface area contributed by atoms with Crippen LogP contribution in [0.2, 0.25) is 0 Å². The Bertz CT molecular complexity index is 312. The first-order chi connectivity index (χ1) is 6.74. The molecule has 1 aromatic carbocycles. The molecular weight excluding hydrogens is 200 g/mol. The van der Waals surface area contributed by atoms with Gasteiger partial charge in [0.2, 0.25) is 0 Å². The molecule has 14 heavy (non-hydrogen) atoms. The first-order valence-corrected chi connectivity index (χ1v) is 5.20. The van der Waals surface area contributed by atoms with Crippen molar-refractivity contribution >= 4 is 17.7 Å². The smallest absolute Gasteiger partial charge is 0.306 e. The van der Waals surface area contributed by atoms with Crippen molar-refractivity contribution in [3.63, 3.8) is 0 Å². The molecule has 0 radical (unpaired) electrons. The molecule has 0 heterocycles. The molecule has 76 valence electrons. The summed E-state index contributed by atoms with van der Waals surface area (Å²) in [5, 5.41) is 9.40. The number of carbonyl (C=O) groups is 1. The third-order valence-electron chi connectivity index (χ3n) is 1.66. The minimum atomic E-state index is -0.229. The minimum absolute atomic E-state index is 0.229. The summed E-state index contributed by atoms with van der Waals surface area (Å²) in [6.45, 7) is 0. The van der Waals surface area contributed by atoms with Gasteiger partial charge in [-0.3, -0.25) is 4.79 Å². The zero-order valence-corrected chi connectivity index (χ0v) is 8.71. The lowest BCUT2D eigenvalue weighted by molar-refractivity contribution is -0.140. The van der Waals surface area contributed by atoms with E-state index < -0.39 is 0 Å². The van der Waals surface area contributed by atoms with E-state index in [1.54, 1.807) is 12.1 Å². The molecule has 0 saturated heterocycles. The molecule has 0 saturated carbocycles. The Labute approximate surface area is 87.1 Å². The van der Waals surface area contributed by atoms with Crippen molar-refractivity contribution in [1.29, 1.82) is 0 Å². The number of hydrogen-bond donors (Lipinski definition) is 1. The molecule has 0 aromatic heterocycles. The van der Waals surface area contributed by atoms with Gasteiger partial charge in [-0.05, 0) is 12.1 Å². The Hall–Kier alpha value is -1.16. The van der Waals surface area contributed by atoms with Crippen molar-refractivity contribution < 1.29 is 14.6 Å². The maximum atomic E-state index is 10.8. The summed E-state index contributed by atoms with van der Waals surface area (Å²) in [5.41, 5.74) is 0. The maximum Gasteiger partial charge on any atom is 0.306 e. The second kappa shape index (κ2) is 5.54. The maximum absolute atomic E-state index is 10.8. The Morgan fingerprint density at radius 2 is 2.21 bits per heavy atom. The predicted octanol–water partition coefficient (Wildman–Crippen LogP) is 2.05. The van der Waals surface area contributed by atoms with Crippen LogP contribution >= 0.6 is 11.8 Å². The van der Waals surface area contributed by atoms with Gasteiger partial charge in [0, 0.05) is 10.6 Å². The second-order valence-corrected chi connectivity index (χ2v) is 3.78. The number of esters is 1. The molecule has 1 aromatic rings. The number of carbonyl (C=O) groups excluding carboxylic acids is 1. The highest BCUT2D eigenvalue weighted by molar-refractivity contribution is 7.99. The lowest BCUT2D eigenvalue weighted by atomic mass is 10.3. The number of phenols is 1. The van der Waals surface area contributed by atoms with E-state index in [-0.39, 0.29) is 11.7 Å². The normalized spacial score (nSPS) is 9.79. The third kappa shape index (κ3) is 3.30. The first-order valence-electron chi connectivity index (χ1n) is 4.21. The van der Waals surface area contributed by atoms with E-state index in [0.717, 1.165) is 4.90 Å². The Morgan fingerprint density at radius 3 is 2.86 bits per heavy atom. The van der Waals surface area contributed by atoms with E-state index >= 15 is 0 Å². The van der Waals surface area contributed by atoms with Crippen molar-refractivity contribution in [2.75, 3.05) is 12.9 Å². The van der Waals surface area contributed by atoms with E-state index in [4.69, 9.17) is 0 Å². The number of benzene rings is 1. The van der Waals surface area contributed by atoms with Gasteiger partial charge in [0.25, 0.3) is 0 Å². The number of aromatic hydroxyl groups is 1. The van der Waals surface area contributed by atoms with E-state index in [9.17, 15) is 9.90 Å². The number of hydrogen-bond acceptors (Lipinski definition) is 4. The molecular formula is C10H12O3S. The fourth-order valence-electron chi connectivity index (χ4n) is 0.926. The molecule has 0 unspecified atom stereocenters. The number of para-hydroxylation sites is 1. The van der Waals surface area contributed by atoms with Crippen LogP contribution in [0, 0.1) is 0 Å². The average Bonchev–Trinajstić information content (AvgIpc) is 2.20. The van der Waals surface area contributed by atoms with Crippen LogP contribution in [0.15, 0.2) is 29.2 Å². The number of phenolic OH excluding ortho intramolecular Hbond substituents is 1. The van der Waals surface area contributed by atoms with Crippen molar-refractivity contribution in [1.82, 2.24) is 0 Å². The molecule has 0 aliphatic rings. The summed E-state index contributed by atoms with van der Waals surface area (Å²) in [4.78, 5) is 11.6. The standard InChI is InChI=1S/C10H12O3S/c1-13-10(12)6-7-14-9-5-3-2-4-8(9)11/h2-5,11H,6-7H2,1H3. The third-order valence-corrected chi connectivity index (χ3v) is 2.72. The van der Waals surface area contributed by atoms with Crippen LogP contribution in [0.5, 0.6) is 5.75 Å². The Balaban J connectivity index is 2.39. The summed E-state index contributed by atoms with van der Waals surface area (Å²) in [7, 11) is 1.37. The quantitative estimate of drug-likeness (QED) is 0.613. The molecule has 0 aliphatic heterocycles. The molecule has 4 heteroatoms. The summed E-state index contributed by atoms with van der Waals surface area (Å²) >= 11 is 1.44. The molecule has 0 spiro atoms. The lowest BCUT2D eigenvalue weighted by Gasteiger charge is -2.02. The van der Waals surface area contributed by atoms with Crippen LogP contribution in [0.3, 0.4) is 0 Å². The van der Waals surface area contributed by atoms with Gasteiger partial charge in [-0.2, -0.15) is 0 Å². The average molecular weight is 212 g/mol. The van der Waals surface area contributed by atoms with Crippen LogP contribution < -0.4 is 0 Å². The fourth-order valence-corrected chi connectivity index (χ4v) is 1.80. The lowest BCUT2D eigenvalue weighted by Crippen LogP contribution is -2.00. The number of methoxy groups -OCH3 is 1. The molecule has 1 rings (SSSR count). The van der Waals surface area contributed by atoms with Gasteiger partial charge in [-0.1, -0.05) is 12.1 Å². The van der Waals surface area contributed by atoms with E-state index in [1.807, 2.05) is 12.1 Å². The highest BCUT2D eigenvalue weighted by Gasteiger charge is 2.03. The number of rotatable bonds is 4. The van der Waals surface area contributed by atoms with Crippen molar-refractivity contribution in [2.24, 2.45) is 0 Å². The highest BCUT2D eigenvalue weighted by Crippen LogP contribution is 2.27. The van der Waals surface area contributed by atoms with Crippen LogP contribution in [0.4, 0.5) is 0 Å². The molecule has 0 aliphatic carbocycles. The van der Waals surface area contributed by atoms with Gasteiger partial charge in [-0.15, -0.1) is 11.8 Å². The SMILES string of the molecule is COC(=O)CCSc1ccccc1O. The zero-order chi connectivity index (χ0) is 10.4. The van der Waals surface area contributed by atoms with Gasteiger partial charge in [0.05, 0.1) is 13.5 Å². The molecule has 0 atom stereocenters. The van der Waals surface area contributed by atoms with Gasteiger partial charge in [0.1, 0.15) is 5.75 Å². The molecule has 0 amide bonds. The van der Waals surface area contributed by atoms with Crippen LogP contribution in [-0.2, 0) is 9.53 Å². The predicted molar refractivity (Wildman–Crippen MR) is 55.5 cm³/mol. The summed E-state index contributed by atoms with van der Waals surface area (Å²) in [5.74, 6) is 0.639. The van der Waals surface area contributed by atoms with Gasteiger partial charge < -0.3 is 9.84 Å². The zero-order valence-electron chi connectivity index (χ0n) is 7.90. The monoisotopic (exact) mass is 212 g/mol. The fraction of sp³-hybridized carbons (Fsp3) is 0.300. The summed E-state index contributed by atoms with van der Waals surface area (Å²) in [6, 6.07) is 7.05. The van der Waals surface area contributed by atoms with E-state index in [1.165, 1.54) is 18.9 Å². The topological polar surface area (TPSA) is 46.5 Å². The second-order valence-electron chi connectivity index (χ2n) is 2.64. The highest BCUT2D eigenvalue weighted by atomic mass is 32.2. The van der Waals surface area contributed by atoms with E-state index in [2.05, 4.69) is 4.74 Å². The first kappa shape index (κ1) is 10.9. The number of ether oxygens (including phenoxy) is 1. The summed E-state index contributed by atoms with van der Waals surface area (Å²) < 4.78 is 4.50. The molecule has 0 fully saturated rings. The molecule has 3 nitrogen and oxygen atoms in total. The van der Waals surface area contributed by atoms with Gasteiger partial charge in [-0.25, -0.2) is 0 Å². The van der Waals surface area contributed by atoms with Crippen molar-refractivity contribution in [3.05, 3.63) is 24.3 Å². The van der Waals surface area contributed by atoms with Crippen molar-refractivity contribution in [3.8, 4) is 5.75 Å². The Kier molecular flexibility index (Phi) is 4.32. The van der Waals surface area contributed by atoms with Crippen LogP contribution in [0.1, 0.15) is 6.42 Å². The Morgan fingerprint density at radius 1 is 1.50 bits per heavy atom. The number of thioether (sulfide) groups is 1. The van der Waals surface area contributed by atoms with Crippen LogP contribution in [-0.4, -0.2) is 23.9 Å². The van der Waals surface area contributed by atoms with E-state index in [0.29, 0.717) is 12.2 Å². The summed E-state index contributed by atoms with van der Waals surface area (Å²) in [6.07, 6.45) is 0.357. The van der Waals surface area contributed by atoms with Crippen molar-refractivity contribution in [2.45, 2.75) is 11.3 Å². The van der Waals surface area contributed by atoms with Crippen LogP contribution in [0.25, 0.3) is 0 Å².